The number of anilines is 3. The van der Waals surface area contributed by atoms with E-state index in [2.05, 4.69) is 35.8 Å². The van der Waals surface area contributed by atoms with Gasteiger partial charge in [-0.25, -0.2) is 19.3 Å². The van der Waals surface area contributed by atoms with Crippen molar-refractivity contribution in [3.8, 4) is 0 Å². The number of halogens is 2. The van der Waals surface area contributed by atoms with Crippen molar-refractivity contribution in [1.29, 1.82) is 5.41 Å². The first-order valence-electron chi connectivity index (χ1n) is 11.2. The van der Waals surface area contributed by atoms with Crippen molar-refractivity contribution >= 4 is 40.3 Å². The third-order valence-electron chi connectivity index (χ3n) is 5.75. The summed E-state index contributed by atoms with van der Waals surface area (Å²) in [6.45, 7) is 7.81. The predicted molar refractivity (Wildman–Crippen MR) is 135 cm³/mol. The standard InChI is InChI=1S/C24H28ClFN8/c1-14(2)22(28-3)17-6-5-16(20(25)21(17)27)23-18(26)13-31-24(33-23)32-19-7-4-15(12-30-19)34-10-8-29-9-11-34/h4-7,12-14,27-29H,8-11H2,1-3H3,(H,30,31,32,33)/b22-17-,27-21?. The number of hydrogen-bond donors (Lipinski definition) is 4. The zero-order valence-corrected chi connectivity index (χ0v) is 20.2. The van der Waals surface area contributed by atoms with Crippen LogP contribution in [-0.2, 0) is 0 Å². The van der Waals surface area contributed by atoms with E-state index in [1.807, 2.05) is 33.0 Å². The van der Waals surface area contributed by atoms with E-state index in [1.165, 1.54) is 0 Å². The Morgan fingerprint density at radius 2 is 1.94 bits per heavy atom. The number of piperazine rings is 1. The second kappa shape index (κ2) is 10.3. The lowest BCUT2D eigenvalue weighted by molar-refractivity contribution is 0.589. The minimum atomic E-state index is -0.622. The SMILES string of the molecule is CN/C(=C1/C=CC(c2nc(Nc3ccc(N4CCNCC4)cn3)ncc2F)=C(Cl)C1=N)C(C)C. The highest BCUT2D eigenvalue weighted by molar-refractivity contribution is 6.50. The molecule has 2 aromatic heterocycles. The van der Waals surface area contributed by atoms with Gasteiger partial charge in [0.2, 0.25) is 5.95 Å². The van der Waals surface area contributed by atoms with E-state index in [-0.39, 0.29) is 28.3 Å². The summed E-state index contributed by atoms with van der Waals surface area (Å²) in [4.78, 5) is 15.1. The zero-order valence-electron chi connectivity index (χ0n) is 19.4. The Balaban J connectivity index is 1.58. The van der Waals surface area contributed by atoms with E-state index in [0.717, 1.165) is 43.8 Å². The van der Waals surface area contributed by atoms with Crippen LogP contribution >= 0.6 is 11.6 Å². The summed E-state index contributed by atoms with van der Waals surface area (Å²) in [5.41, 5.74) is 3.08. The molecule has 0 atom stereocenters. The van der Waals surface area contributed by atoms with Gasteiger partial charge in [-0.3, -0.25) is 5.41 Å². The van der Waals surface area contributed by atoms with Gasteiger partial charge in [0.25, 0.3) is 0 Å². The van der Waals surface area contributed by atoms with Gasteiger partial charge >= 0.3 is 0 Å². The van der Waals surface area contributed by atoms with E-state index in [4.69, 9.17) is 17.0 Å². The van der Waals surface area contributed by atoms with Crippen molar-refractivity contribution in [2.24, 2.45) is 5.92 Å². The van der Waals surface area contributed by atoms with Crippen LogP contribution < -0.4 is 20.9 Å². The molecule has 2 aromatic rings. The molecule has 1 aliphatic heterocycles. The van der Waals surface area contributed by atoms with Gasteiger partial charge in [0, 0.05) is 50.1 Å². The summed E-state index contributed by atoms with van der Waals surface area (Å²) < 4.78 is 14.7. The average molecular weight is 483 g/mol. The van der Waals surface area contributed by atoms with Gasteiger partial charge in [-0.05, 0) is 18.1 Å². The van der Waals surface area contributed by atoms with Crippen LogP contribution in [0.1, 0.15) is 19.5 Å². The monoisotopic (exact) mass is 482 g/mol. The Morgan fingerprint density at radius 3 is 2.59 bits per heavy atom. The number of nitrogens with zero attached hydrogens (tertiary/aromatic N) is 4. The number of aromatic nitrogens is 3. The highest BCUT2D eigenvalue weighted by Gasteiger charge is 2.24. The van der Waals surface area contributed by atoms with Crippen molar-refractivity contribution in [2.75, 3.05) is 43.4 Å². The van der Waals surface area contributed by atoms with Crippen LogP contribution in [0.2, 0.25) is 0 Å². The summed E-state index contributed by atoms with van der Waals surface area (Å²) in [5, 5.41) is 18.1. The summed E-state index contributed by atoms with van der Waals surface area (Å²) in [7, 11) is 1.81. The summed E-state index contributed by atoms with van der Waals surface area (Å²) >= 11 is 6.52. The predicted octanol–water partition coefficient (Wildman–Crippen LogP) is 3.83. The lowest BCUT2D eigenvalue weighted by Gasteiger charge is -2.29. The molecular weight excluding hydrogens is 455 g/mol. The maximum Gasteiger partial charge on any atom is 0.229 e. The van der Waals surface area contributed by atoms with Crippen molar-refractivity contribution in [3.05, 3.63) is 64.5 Å². The molecule has 0 amide bonds. The molecule has 3 heterocycles. The largest absolute Gasteiger partial charge is 0.391 e. The summed E-state index contributed by atoms with van der Waals surface area (Å²) in [5.74, 6) is 0.288. The lowest BCUT2D eigenvalue weighted by Crippen LogP contribution is -2.43. The second-order valence-electron chi connectivity index (χ2n) is 8.32. The first-order chi connectivity index (χ1) is 16.4. The average Bonchev–Trinajstić information content (AvgIpc) is 2.84. The Morgan fingerprint density at radius 1 is 1.18 bits per heavy atom. The van der Waals surface area contributed by atoms with Crippen LogP contribution in [0.4, 0.5) is 21.8 Å². The van der Waals surface area contributed by atoms with Crippen LogP contribution in [0.5, 0.6) is 0 Å². The normalized spacial score (nSPS) is 17.9. The molecule has 0 saturated carbocycles. The topological polar surface area (TPSA) is 102 Å². The Hall–Kier alpha value is -3.30. The van der Waals surface area contributed by atoms with E-state index >= 15 is 0 Å². The zero-order chi connectivity index (χ0) is 24.2. The maximum absolute atomic E-state index is 14.7. The number of hydrogen-bond acceptors (Lipinski definition) is 8. The van der Waals surface area contributed by atoms with Crippen LogP contribution in [0.15, 0.2) is 53.0 Å². The summed E-state index contributed by atoms with van der Waals surface area (Å²) in [6, 6.07) is 3.83. The molecule has 2 aliphatic rings. The smallest absolute Gasteiger partial charge is 0.229 e. The third-order valence-corrected chi connectivity index (χ3v) is 6.14. The van der Waals surface area contributed by atoms with Crippen LogP contribution in [0.3, 0.4) is 0 Å². The third kappa shape index (κ3) is 4.95. The van der Waals surface area contributed by atoms with Gasteiger partial charge in [-0.2, -0.15) is 0 Å². The number of pyridine rings is 1. The minimum Gasteiger partial charge on any atom is -0.391 e. The highest BCUT2D eigenvalue weighted by atomic mass is 35.5. The van der Waals surface area contributed by atoms with E-state index in [1.54, 1.807) is 18.3 Å². The second-order valence-corrected chi connectivity index (χ2v) is 8.70. The van der Waals surface area contributed by atoms with Gasteiger partial charge in [-0.15, -0.1) is 0 Å². The number of rotatable bonds is 6. The molecule has 0 unspecified atom stereocenters. The molecule has 178 valence electrons. The van der Waals surface area contributed by atoms with Crippen molar-refractivity contribution in [3.63, 3.8) is 0 Å². The van der Waals surface area contributed by atoms with E-state index in [9.17, 15) is 4.39 Å². The lowest BCUT2D eigenvalue weighted by atomic mass is 9.93. The fraction of sp³-hybridized carbons (Fsp3) is 0.333. The van der Waals surface area contributed by atoms with Gasteiger partial charge < -0.3 is 20.9 Å². The Kier molecular flexibility index (Phi) is 7.23. The molecule has 0 radical (unpaired) electrons. The van der Waals surface area contributed by atoms with E-state index in [0.29, 0.717) is 17.0 Å². The molecule has 0 spiro atoms. The molecule has 0 aromatic carbocycles. The molecular formula is C24H28ClFN8. The van der Waals surface area contributed by atoms with Crippen LogP contribution in [-0.4, -0.2) is 53.9 Å². The number of allylic oxidation sites excluding steroid dienone is 6. The molecule has 0 bridgehead atoms. The number of nitrogens with one attached hydrogen (secondary N) is 4. The molecule has 4 N–H and O–H groups in total. The fourth-order valence-corrected chi connectivity index (χ4v) is 4.27. The molecule has 10 heteroatoms. The fourth-order valence-electron chi connectivity index (χ4n) is 4.02. The Labute approximate surface area is 203 Å². The maximum atomic E-state index is 14.7. The van der Waals surface area contributed by atoms with Gasteiger partial charge in [0.1, 0.15) is 11.5 Å². The molecule has 1 fully saturated rings. The van der Waals surface area contributed by atoms with Crippen molar-refractivity contribution in [1.82, 2.24) is 25.6 Å². The summed E-state index contributed by atoms with van der Waals surface area (Å²) in [6.07, 6.45) is 6.34. The van der Waals surface area contributed by atoms with Crippen molar-refractivity contribution < 1.29 is 4.39 Å². The first kappa shape index (κ1) is 23.8. The van der Waals surface area contributed by atoms with Crippen LogP contribution in [0.25, 0.3) is 5.57 Å². The van der Waals surface area contributed by atoms with Gasteiger partial charge in [0.05, 0.1) is 28.8 Å². The minimum absolute atomic E-state index is 0.0236. The highest BCUT2D eigenvalue weighted by Crippen LogP contribution is 2.33. The quantitative estimate of drug-likeness (QED) is 0.496. The molecule has 8 nitrogen and oxygen atoms in total. The molecule has 4 rings (SSSR count). The van der Waals surface area contributed by atoms with E-state index < -0.39 is 5.82 Å². The van der Waals surface area contributed by atoms with Gasteiger partial charge in [-0.1, -0.05) is 37.6 Å². The van der Waals surface area contributed by atoms with Crippen molar-refractivity contribution in [2.45, 2.75) is 13.8 Å². The molecule has 34 heavy (non-hydrogen) atoms. The molecule has 1 saturated heterocycles. The molecule has 1 aliphatic carbocycles. The Bertz CT molecular complexity index is 1160. The van der Waals surface area contributed by atoms with Gasteiger partial charge in [0.15, 0.2) is 5.82 Å². The first-order valence-corrected chi connectivity index (χ1v) is 11.6. The van der Waals surface area contributed by atoms with Crippen LogP contribution in [0, 0.1) is 17.1 Å².